The van der Waals surface area contributed by atoms with Crippen molar-refractivity contribution < 1.29 is 9.59 Å². The van der Waals surface area contributed by atoms with Crippen LogP contribution in [-0.4, -0.2) is 40.8 Å². The fourth-order valence-corrected chi connectivity index (χ4v) is 3.80. The Hall–Kier alpha value is -2.40. The molecule has 1 aliphatic heterocycles. The largest absolute Gasteiger partial charge is 0.351 e. The maximum absolute atomic E-state index is 12.9. The molecule has 2 amide bonds. The first kappa shape index (κ1) is 18.0. The van der Waals surface area contributed by atoms with Gasteiger partial charge in [-0.25, -0.2) is 0 Å². The number of rotatable bonds is 4. The minimum Gasteiger partial charge on any atom is -0.351 e. The number of hydrogen-bond donors (Lipinski definition) is 1. The van der Waals surface area contributed by atoms with Crippen LogP contribution in [0.1, 0.15) is 40.2 Å². The van der Waals surface area contributed by atoms with Crippen molar-refractivity contribution in [2.45, 2.75) is 31.7 Å². The monoisotopic (exact) mass is 383 g/mol. The lowest BCUT2D eigenvalue weighted by Crippen LogP contribution is -2.41. The summed E-state index contributed by atoms with van der Waals surface area (Å²) in [5.74, 6) is 0.219. The highest BCUT2D eigenvalue weighted by Crippen LogP contribution is 2.32. The summed E-state index contributed by atoms with van der Waals surface area (Å²) in [6, 6.07) is 9.86. The van der Waals surface area contributed by atoms with Gasteiger partial charge in [-0.1, -0.05) is 41.4 Å². The summed E-state index contributed by atoms with van der Waals surface area (Å²) in [5.41, 5.74) is 2.80. The molecule has 2 aliphatic rings. The highest BCUT2D eigenvalue weighted by molar-refractivity contribution is 6.30. The molecule has 2 fully saturated rings. The van der Waals surface area contributed by atoms with Crippen LogP contribution in [0.25, 0.3) is 0 Å². The van der Waals surface area contributed by atoms with Gasteiger partial charge >= 0.3 is 0 Å². The third-order valence-corrected chi connectivity index (χ3v) is 5.55. The molecule has 2 heterocycles. The molecule has 2 aromatic rings. The Labute approximate surface area is 163 Å². The van der Waals surface area contributed by atoms with E-state index in [0.717, 1.165) is 18.4 Å². The van der Waals surface area contributed by atoms with E-state index in [4.69, 9.17) is 11.6 Å². The van der Waals surface area contributed by atoms with Crippen molar-refractivity contribution in [1.82, 2.24) is 15.2 Å². The number of nitrogens with one attached hydrogen (secondary N) is 1. The molecule has 140 valence electrons. The molecule has 0 unspecified atom stereocenters. The van der Waals surface area contributed by atoms with Crippen LogP contribution in [0.4, 0.5) is 0 Å². The molecule has 0 bridgehead atoms. The van der Waals surface area contributed by atoms with Gasteiger partial charge in [0.25, 0.3) is 5.91 Å². The molecule has 0 radical (unpaired) electrons. The van der Waals surface area contributed by atoms with Crippen LogP contribution in [0, 0.1) is 12.8 Å². The van der Waals surface area contributed by atoms with Gasteiger partial charge in [0.15, 0.2) is 0 Å². The van der Waals surface area contributed by atoms with E-state index < -0.39 is 0 Å². The molecule has 1 saturated carbocycles. The van der Waals surface area contributed by atoms with Crippen LogP contribution >= 0.6 is 11.6 Å². The average molecular weight is 384 g/mol. The van der Waals surface area contributed by atoms with Crippen LogP contribution in [-0.2, 0) is 4.79 Å². The summed E-state index contributed by atoms with van der Waals surface area (Å²) in [6.07, 6.45) is 4.97. The van der Waals surface area contributed by atoms with Gasteiger partial charge < -0.3 is 10.2 Å². The smallest absolute Gasteiger partial charge is 0.255 e. The minimum atomic E-state index is -0.106. The second-order valence-corrected chi connectivity index (χ2v) is 7.94. The van der Waals surface area contributed by atoms with Gasteiger partial charge in [-0.15, -0.1) is 0 Å². The summed E-state index contributed by atoms with van der Waals surface area (Å²) in [6.45, 7) is 3.10. The van der Waals surface area contributed by atoms with Gasteiger partial charge in [-0.2, -0.15) is 0 Å². The quantitative estimate of drug-likeness (QED) is 0.882. The van der Waals surface area contributed by atoms with Crippen molar-refractivity contribution in [2.24, 2.45) is 5.92 Å². The van der Waals surface area contributed by atoms with E-state index in [-0.39, 0.29) is 29.7 Å². The number of benzene rings is 1. The number of aryl methyl sites for hydroxylation is 1. The Balaban J connectivity index is 1.56. The molecule has 1 aliphatic carbocycles. The van der Waals surface area contributed by atoms with Crippen molar-refractivity contribution in [3.05, 3.63) is 64.4 Å². The number of likely N-dealkylation sites (tertiary alicyclic amines) is 1. The highest BCUT2D eigenvalue weighted by Gasteiger charge is 2.39. The lowest BCUT2D eigenvalue weighted by Gasteiger charge is -2.20. The van der Waals surface area contributed by atoms with Crippen LogP contribution < -0.4 is 5.32 Å². The second kappa shape index (κ2) is 7.31. The summed E-state index contributed by atoms with van der Waals surface area (Å²) >= 11 is 5.98. The fourth-order valence-electron chi connectivity index (χ4n) is 3.62. The number of amides is 2. The molecule has 4 rings (SSSR count). The Bertz CT molecular complexity index is 864. The summed E-state index contributed by atoms with van der Waals surface area (Å²) in [5, 5.41) is 3.62. The molecule has 1 aromatic heterocycles. The fraction of sp³-hybridized carbons (Fsp3) is 0.381. The standard InChI is InChI=1S/C21H22ClN3O2/c1-13-2-4-14(5-3-13)18-11-25(12-19(18)24-20(26)15-6-7-15)21(27)16-8-17(22)10-23-9-16/h2-5,8-10,15,18-19H,6-7,11-12H2,1H3,(H,24,26)/t18-,19+/m0/s1. The molecular weight excluding hydrogens is 362 g/mol. The van der Waals surface area contributed by atoms with Gasteiger partial charge in [0.1, 0.15) is 0 Å². The van der Waals surface area contributed by atoms with Gasteiger partial charge in [0.2, 0.25) is 5.91 Å². The third-order valence-electron chi connectivity index (χ3n) is 5.34. The minimum absolute atomic E-state index is 0.0735. The van der Waals surface area contributed by atoms with Crippen molar-refractivity contribution in [3.8, 4) is 0 Å². The molecule has 0 spiro atoms. The number of pyridine rings is 1. The third kappa shape index (κ3) is 3.98. The molecule has 27 heavy (non-hydrogen) atoms. The normalized spacial score (nSPS) is 21.9. The molecule has 5 nitrogen and oxygen atoms in total. The van der Waals surface area contributed by atoms with E-state index in [0.29, 0.717) is 23.7 Å². The van der Waals surface area contributed by atoms with E-state index in [1.807, 2.05) is 6.92 Å². The topological polar surface area (TPSA) is 62.3 Å². The first-order valence-corrected chi connectivity index (χ1v) is 9.66. The molecule has 1 N–H and O–H groups in total. The van der Waals surface area contributed by atoms with Gasteiger partial charge in [0, 0.05) is 37.3 Å². The highest BCUT2D eigenvalue weighted by atomic mass is 35.5. The van der Waals surface area contributed by atoms with Crippen molar-refractivity contribution in [3.63, 3.8) is 0 Å². The summed E-state index contributed by atoms with van der Waals surface area (Å²) in [4.78, 5) is 31.1. The van der Waals surface area contributed by atoms with Gasteiger partial charge in [0.05, 0.1) is 16.6 Å². The Morgan fingerprint density at radius 1 is 1.15 bits per heavy atom. The number of aromatic nitrogens is 1. The van der Waals surface area contributed by atoms with Crippen LogP contribution in [0.2, 0.25) is 5.02 Å². The van der Waals surface area contributed by atoms with Crippen LogP contribution in [0.5, 0.6) is 0 Å². The van der Waals surface area contributed by atoms with Crippen molar-refractivity contribution in [2.75, 3.05) is 13.1 Å². The Morgan fingerprint density at radius 2 is 1.89 bits per heavy atom. The van der Waals surface area contributed by atoms with E-state index >= 15 is 0 Å². The number of carbonyl (C=O) groups is 2. The first-order chi connectivity index (χ1) is 13.0. The van der Waals surface area contributed by atoms with E-state index in [1.165, 1.54) is 18.0 Å². The molecule has 2 atom stereocenters. The van der Waals surface area contributed by atoms with Gasteiger partial charge in [-0.3, -0.25) is 14.6 Å². The molecular formula is C21H22ClN3O2. The maximum atomic E-state index is 12.9. The molecule has 1 aromatic carbocycles. The zero-order valence-corrected chi connectivity index (χ0v) is 15.9. The number of hydrogen-bond acceptors (Lipinski definition) is 3. The van der Waals surface area contributed by atoms with Crippen molar-refractivity contribution in [1.29, 1.82) is 0 Å². The predicted octanol–water partition coefficient (Wildman–Crippen LogP) is 3.18. The zero-order chi connectivity index (χ0) is 19.0. The summed E-state index contributed by atoms with van der Waals surface area (Å²) < 4.78 is 0. The first-order valence-electron chi connectivity index (χ1n) is 9.28. The number of carbonyl (C=O) groups excluding carboxylic acids is 2. The lowest BCUT2D eigenvalue weighted by atomic mass is 9.93. The van der Waals surface area contributed by atoms with Crippen LogP contribution in [0.15, 0.2) is 42.7 Å². The van der Waals surface area contributed by atoms with Crippen LogP contribution in [0.3, 0.4) is 0 Å². The van der Waals surface area contributed by atoms with Gasteiger partial charge in [-0.05, 0) is 31.4 Å². The number of halogens is 1. The Morgan fingerprint density at radius 3 is 2.56 bits per heavy atom. The predicted molar refractivity (Wildman–Crippen MR) is 104 cm³/mol. The second-order valence-electron chi connectivity index (χ2n) is 7.51. The van der Waals surface area contributed by atoms with Crippen molar-refractivity contribution >= 4 is 23.4 Å². The maximum Gasteiger partial charge on any atom is 0.255 e. The van der Waals surface area contributed by atoms with E-state index in [1.54, 1.807) is 11.0 Å². The zero-order valence-electron chi connectivity index (χ0n) is 15.2. The summed E-state index contributed by atoms with van der Waals surface area (Å²) in [7, 11) is 0. The SMILES string of the molecule is Cc1ccc([C@@H]2CN(C(=O)c3cncc(Cl)c3)C[C@H]2NC(=O)C2CC2)cc1. The molecule has 6 heteroatoms. The average Bonchev–Trinajstić information content (AvgIpc) is 3.43. The lowest BCUT2D eigenvalue weighted by molar-refractivity contribution is -0.123. The van der Waals surface area contributed by atoms with E-state index in [2.05, 4.69) is 34.6 Å². The number of nitrogens with zero attached hydrogens (tertiary/aromatic N) is 2. The Kier molecular flexibility index (Phi) is 4.87. The van der Waals surface area contributed by atoms with E-state index in [9.17, 15) is 9.59 Å². The molecule has 1 saturated heterocycles.